The quantitative estimate of drug-likeness (QED) is 0.141. The maximum absolute atomic E-state index is 16.1. The van der Waals surface area contributed by atoms with Gasteiger partial charge in [0.15, 0.2) is 0 Å². The number of methoxy groups -OCH3 is 2. The summed E-state index contributed by atoms with van der Waals surface area (Å²) in [7, 11) is 3.03. The SMILES string of the molecule is CC[C@@H]1[C@@H]2CN(C(=O)[C@H](C(C)(C)C)NC(=O)O[C@@H]3CCC[C@H]3CCCCC(F)(F)c3cc4ccc(OC)cc4nc3O2)[C@@H]1[C-]=O.COc1ccc2cc3c(nc2c1)O[C@H]1CN(C(=O)[C@H](C(C)(C)C)NC(=O)O[C@@H]2CC4CC4[C@H]2CCCCC3(F)F)[C@H]([C-]=O)[C@@H]1C.[V].[V]. The molecule has 18 nitrogen and oxygen atoms in total. The van der Waals surface area contributed by atoms with Crippen LogP contribution in [0.2, 0.25) is 0 Å². The maximum atomic E-state index is 16.1. The Morgan fingerprint density at radius 3 is 1.57 bits per heavy atom. The smallest absolute Gasteiger partial charge is 0.408 e. The first-order valence-electron chi connectivity index (χ1n) is 32.0. The molecule has 11 rings (SSSR count). The standard InChI is InChI=1S/C34H42F2N3O6.C34H44F2N3O6.2V/c1-18-26(17-40)39-16-28(18)44-30-24(13-19-9-10-21(43-5)15-25(19)37-30)34(35,36)11-7-6-8-22-23-12-20(23)14-27(22)45-32(42)38-29(31(39)41)33(2,3)4;1-6-23-26(19-40)39-18-28(23)44-30-24(16-21-13-14-22(43-5)17-25(21)37-30)34(35,36)15-8-7-10-20-11-9-12-27(20)45-32(42)38-29(31(39)41)33(2,3)4;;/h9-10,13,15,18,20,22-23,26-29H,6-8,11-12,14,16H2,1-5H3,(H,38,42);13-14,16-17,20,23,26-29H,6-12,15,18H2,1-5H3,(H,38,42);;/q2*-1;;/t18-,20?,22+,23?,26+,27+,28-,29+;20-,23+,26-,27-,28+,29-;;/m01../s1. The number of nitrogens with one attached hydrogen (secondary N) is 2. The van der Waals surface area contributed by atoms with E-state index >= 15 is 17.6 Å². The van der Waals surface area contributed by atoms with Gasteiger partial charge < -0.3 is 58.4 Å². The van der Waals surface area contributed by atoms with Crippen molar-refractivity contribution in [2.45, 2.75) is 206 Å². The second kappa shape index (κ2) is 29.0. The molecule has 5 fully saturated rings. The topological polar surface area (TPSA) is 214 Å². The summed E-state index contributed by atoms with van der Waals surface area (Å²) < 4.78 is 99.3. The third-order valence-electron chi connectivity index (χ3n) is 20.0. The second-order valence-electron chi connectivity index (χ2n) is 28.1. The number of hydrogen-bond acceptors (Lipinski definition) is 14. The Kier molecular flexibility index (Phi) is 22.7. The number of fused-ring (bicyclic) bond motifs is 12. The van der Waals surface area contributed by atoms with Gasteiger partial charge in [-0.1, -0.05) is 86.7 Å². The summed E-state index contributed by atoms with van der Waals surface area (Å²) in [6.07, 6.45) is 7.07. The van der Waals surface area contributed by atoms with Crippen LogP contribution in [-0.2, 0) is 77.6 Å². The number of pyridine rings is 2. The Morgan fingerprint density at radius 2 is 1.07 bits per heavy atom. The minimum absolute atomic E-state index is 0. The number of halogens is 4. The van der Waals surface area contributed by atoms with E-state index in [0.29, 0.717) is 83.7 Å². The van der Waals surface area contributed by atoms with Gasteiger partial charge in [-0.25, -0.2) is 49.7 Å². The van der Waals surface area contributed by atoms with Gasteiger partial charge in [0.2, 0.25) is 23.6 Å². The molecule has 2 radical (unpaired) electrons. The van der Waals surface area contributed by atoms with Crippen molar-refractivity contribution in [3.63, 3.8) is 0 Å². The fourth-order valence-electron chi connectivity index (χ4n) is 14.7. The number of amides is 4. The molecule has 24 heteroatoms. The number of nitrogens with zero attached hydrogens (tertiary/aromatic N) is 4. The van der Waals surface area contributed by atoms with Crippen LogP contribution in [0.3, 0.4) is 0 Å². The Balaban J connectivity index is 0.000000232. The summed E-state index contributed by atoms with van der Waals surface area (Å²) in [4.78, 5) is 90.9. The first-order chi connectivity index (χ1) is 42.7. The van der Waals surface area contributed by atoms with Gasteiger partial charge in [0.25, 0.3) is 11.8 Å². The van der Waals surface area contributed by atoms with E-state index in [9.17, 15) is 28.8 Å². The molecule has 3 aliphatic carbocycles. The van der Waals surface area contributed by atoms with E-state index in [2.05, 4.69) is 20.6 Å². The Morgan fingerprint density at radius 1 is 0.587 bits per heavy atom. The third kappa shape index (κ3) is 15.4. The van der Waals surface area contributed by atoms with Gasteiger partial charge in [0.05, 0.1) is 49.5 Å². The number of benzene rings is 2. The van der Waals surface area contributed by atoms with Gasteiger partial charge in [-0.05, 0) is 141 Å². The molecule has 3 saturated carbocycles. The zero-order chi connectivity index (χ0) is 64.8. The van der Waals surface area contributed by atoms with Crippen LogP contribution in [0.25, 0.3) is 21.8 Å². The fourth-order valence-corrected chi connectivity index (χ4v) is 14.7. The van der Waals surface area contributed by atoms with Gasteiger partial charge in [0, 0.05) is 72.9 Å². The summed E-state index contributed by atoms with van der Waals surface area (Å²) in [5.41, 5.74) is -1.26. The summed E-state index contributed by atoms with van der Waals surface area (Å²) in [6, 6.07) is 8.88. The van der Waals surface area contributed by atoms with Crippen molar-refractivity contribution in [3.05, 3.63) is 59.7 Å². The van der Waals surface area contributed by atoms with Gasteiger partial charge in [-0.15, -0.1) is 0 Å². The maximum Gasteiger partial charge on any atom is 0.408 e. The van der Waals surface area contributed by atoms with E-state index in [1.54, 1.807) is 43.3 Å². The van der Waals surface area contributed by atoms with Crippen LogP contribution in [0.4, 0.5) is 27.2 Å². The van der Waals surface area contributed by atoms with Crippen LogP contribution < -0.4 is 29.6 Å². The molecule has 2 aromatic carbocycles. The Hall–Kier alpha value is -5.83. The van der Waals surface area contributed by atoms with Crippen LogP contribution in [0, 0.1) is 46.3 Å². The van der Waals surface area contributed by atoms with Gasteiger partial charge in [-0.3, -0.25) is 9.59 Å². The number of carbonyl (C=O) groups excluding carboxylic acids is 6. The number of alkyl halides is 4. The predicted octanol–water partition coefficient (Wildman–Crippen LogP) is 12.1. The van der Waals surface area contributed by atoms with E-state index in [1.165, 1.54) is 36.2 Å². The number of alkyl carbamates (subject to hydrolysis) is 2. The van der Waals surface area contributed by atoms with Crippen LogP contribution in [0.5, 0.6) is 23.3 Å². The van der Waals surface area contributed by atoms with Crippen LogP contribution in [0.1, 0.15) is 156 Å². The molecule has 4 aliphatic heterocycles. The molecular formula is C68H86F4N6O12V2-2. The van der Waals surface area contributed by atoms with E-state index in [1.807, 2.05) is 61.0 Å². The molecule has 14 atom stereocenters. The fraction of sp³-hybridized carbons (Fsp3) is 0.647. The number of carbonyl (C=O) groups is 4. The molecule has 4 bridgehead atoms. The van der Waals surface area contributed by atoms with Crippen molar-refractivity contribution in [2.24, 2.45) is 46.3 Å². The van der Waals surface area contributed by atoms with Crippen LogP contribution >= 0.6 is 0 Å². The average Bonchev–Trinajstić information content (AvgIpc) is 1.51. The molecule has 7 aliphatic rings. The van der Waals surface area contributed by atoms with Crippen molar-refractivity contribution in [1.29, 1.82) is 0 Å². The molecule has 2 saturated heterocycles. The van der Waals surface area contributed by atoms with Crippen molar-refractivity contribution in [3.8, 4) is 23.3 Å². The third-order valence-corrected chi connectivity index (χ3v) is 20.0. The first kappa shape index (κ1) is 72.0. The van der Waals surface area contributed by atoms with E-state index in [4.69, 9.17) is 28.4 Å². The van der Waals surface area contributed by atoms with Crippen molar-refractivity contribution >= 4 is 58.4 Å². The molecule has 92 heavy (non-hydrogen) atoms. The molecule has 4 aromatic rings. The first-order valence-corrected chi connectivity index (χ1v) is 32.0. The van der Waals surface area contributed by atoms with E-state index < -0.39 is 108 Å². The van der Waals surface area contributed by atoms with Gasteiger partial charge >= 0.3 is 12.2 Å². The minimum Gasteiger partial charge on any atom is -0.540 e. The predicted molar refractivity (Wildman–Crippen MR) is 326 cm³/mol. The molecule has 4 amide bonds. The van der Waals surface area contributed by atoms with E-state index in [0.717, 1.165) is 25.7 Å². The van der Waals surface area contributed by atoms with Crippen molar-refractivity contribution in [1.82, 2.24) is 30.4 Å². The molecule has 6 heterocycles. The molecule has 2 N–H and O–H groups in total. The van der Waals surface area contributed by atoms with Crippen molar-refractivity contribution in [2.75, 3.05) is 27.3 Å². The number of hydrogen-bond donors (Lipinski definition) is 2. The minimum atomic E-state index is -3.25. The zero-order valence-electron chi connectivity index (χ0n) is 54.1. The monoisotopic (exact) mass is 1360 g/mol. The van der Waals surface area contributed by atoms with Gasteiger partial charge in [-0.2, -0.15) is 0 Å². The molecule has 500 valence electrons. The molecule has 2 aromatic heterocycles. The Labute approximate surface area is 559 Å². The van der Waals surface area contributed by atoms with Crippen LogP contribution in [0.15, 0.2) is 48.5 Å². The van der Waals surface area contributed by atoms with E-state index in [-0.39, 0.29) is 110 Å². The number of rotatable bonds is 5. The summed E-state index contributed by atoms with van der Waals surface area (Å²) in [5, 5.41) is 6.64. The van der Waals surface area contributed by atoms with Crippen LogP contribution in [-0.4, -0.2) is 132 Å². The Bertz CT molecular complexity index is 3330. The number of aromatic nitrogens is 2. The average molecular weight is 1360 g/mol. The summed E-state index contributed by atoms with van der Waals surface area (Å²) >= 11 is 0. The zero-order valence-corrected chi connectivity index (χ0v) is 56.9. The number of ether oxygens (including phenoxy) is 6. The van der Waals surface area contributed by atoms with Crippen molar-refractivity contribution < 1.29 is 112 Å². The largest absolute Gasteiger partial charge is 0.540 e. The molecular weight excluding hydrogens is 1270 g/mol. The van der Waals surface area contributed by atoms with Gasteiger partial charge in [0.1, 0.15) is 48.0 Å². The molecule has 0 spiro atoms. The normalized spacial score (nSPS) is 30.8. The second-order valence-corrected chi connectivity index (χ2v) is 28.1. The molecule has 2 unspecified atom stereocenters. The summed E-state index contributed by atoms with van der Waals surface area (Å²) in [6.45, 7) is 14.4. The summed E-state index contributed by atoms with van der Waals surface area (Å²) in [5.74, 6) is -6.95.